The number of hydrogen-bond acceptors (Lipinski definition) is 3. The Morgan fingerprint density at radius 2 is 2.05 bits per heavy atom. The SMILES string of the molecule is CC(NC(=O)N1CCC(CC(=O)O)C1)C(=O)N(C)C. The standard InChI is InChI=1S/C12H21N3O4/c1-8(11(18)14(2)3)13-12(19)15-5-4-9(7-15)6-10(16)17/h8-9H,4-7H2,1-3H3,(H,13,19)(H,16,17). The Morgan fingerprint density at radius 1 is 1.42 bits per heavy atom. The van der Waals surface area contributed by atoms with Crippen LogP contribution in [-0.4, -0.2) is 66.0 Å². The summed E-state index contributed by atoms with van der Waals surface area (Å²) in [6, 6.07) is -0.892. The number of hydrogen-bond donors (Lipinski definition) is 2. The smallest absolute Gasteiger partial charge is 0.318 e. The van der Waals surface area contributed by atoms with Gasteiger partial charge in [-0.05, 0) is 19.3 Å². The average Bonchev–Trinajstić information content (AvgIpc) is 2.75. The maximum Gasteiger partial charge on any atom is 0.318 e. The maximum atomic E-state index is 11.9. The molecule has 19 heavy (non-hydrogen) atoms. The van der Waals surface area contributed by atoms with Crippen LogP contribution in [0.2, 0.25) is 0 Å². The van der Waals surface area contributed by atoms with Gasteiger partial charge in [0.15, 0.2) is 0 Å². The quantitative estimate of drug-likeness (QED) is 0.751. The lowest BCUT2D eigenvalue weighted by Crippen LogP contribution is -2.49. The van der Waals surface area contributed by atoms with Crippen molar-refractivity contribution in [3.05, 3.63) is 0 Å². The van der Waals surface area contributed by atoms with Crippen LogP contribution in [0, 0.1) is 5.92 Å². The molecule has 7 heteroatoms. The van der Waals surface area contributed by atoms with Gasteiger partial charge in [0.05, 0.1) is 0 Å². The number of likely N-dealkylation sites (tertiary alicyclic amines) is 1. The molecule has 1 fully saturated rings. The Hall–Kier alpha value is -1.79. The van der Waals surface area contributed by atoms with Gasteiger partial charge < -0.3 is 20.2 Å². The summed E-state index contributed by atoms with van der Waals surface area (Å²) in [6.45, 7) is 2.60. The van der Waals surface area contributed by atoms with Crippen LogP contribution >= 0.6 is 0 Å². The number of nitrogens with zero attached hydrogens (tertiary/aromatic N) is 2. The van der Waals surface area contributed by atoms with E-state index >= 15 is 0 Å². The van der Waals surface area contributed by atoms with Gasteiger partial charge in [-0.25, -0.2) is 4.79 Å². The van der Waals surface area contributed by atoms with Crippen molar-refractivity contribution in [1.82, 2.24) is 15.1 Å². The molecule has 1 aliphatic heterocycles. The van der Waals surface area contributed by atoms with Crippen LogP contribution in [0.15, 0.2) is 0 Å². The van der Waals surface area contributed by atoms with Crippen LogP contribution in [0.5, 0.6) is 0 Å². The van der Waals surface area contributed by atoms with Gasteiger partial charge >= 0.3 is 12.0 Å². The van der Waals surface area contributed by atoms with Crippen LogP contribution in [0.4, 0.5) is 4.79 Å². The molecule has 2 N–H and O–H groups in total. The van der Waals surface area contributed by atoms with Gasteiger partial charge in [-0.2, -0.15) is 0 Å². The third-order valence-corrected chi connectivity index (χ3v) is 3.19. The van der Waals surface area contributed by atoms with Gasteiger partial charge in [0, 0.05) is 33.6 Å². The Kier molecular flexibility index (Phi) is 5.14. The fourth-order valence-electron chi connectivity index (χ4n) is 2.16. The predicted octanol–water partition coefficient (Wildman–Crippen LogP) is -0.0307. The average molecular weight is 271 g/mol. The second kappa shape index (κ2) is 6.40. The van der Waals surface area contributed by atoms with Crippen LogP contribution in [0.3, 0.4) is 0 Å². The summed E-state index contributed by atoms with van der Waals surface area (Å²) < 4.78 is 0. The highest BCUT2D eigenvalue weighted by molar-refractivity contribution is 5.86. The van der Waals surface area contributed by atoms with Gasteiger partial charge in [-0.1, -0.05) is 0 Å². The lowest BCUT2D eigenvalue weighted by Gasteiger charge is -2.22. The number of carboxylic acids is 1. The summed E-state index contributed by atoms with van der Waals surface area (Å²) in [4.78, 5) is 37.1. The summed E-state index contributed by atoms with van der Waals surface area (Å²) in [5.41, 5.74) is 0. The van der Waals surface area contributed by atoms with E-state index in [-0.39, 0.29) is 24.3 Å². The van der Waals surface area contributed by atoms with Crippen molar-refractivity contribution in [1.29, 1.82) is 0 Å². The second-order valence-corrected chi connectivity index (χ2v) is 5.10. The Labute approximate surface area is 112 Å². The highest BCUT2D eigenvalue weighted by atomic mass is 16.4. The molecule has 108 valence electrons. The van der Waals surface area contributed by atoms with Crippen molar-refractivity contribution < 1.29 is 19.5 Å². The minimum atomic E-state index is -0.844. The van der Waals surface area contributed by atoms with E-state index in [9.17, 15) is 14.4 Å². The van der Waals surface area contributed by atoms with Gasteiger partial charge in [0.1, 0.15) is 6.04 Å². The molecule has 1 heterocycles. The molecule has 1 rings (SSSR count). The highest BCUT2D eigenvalue weighted by Gasteiger charge is 2.29. The summed E-state index contributed by atoms with van der Waals surface area (Å²) in [5.74, 6) is -1.01. The number of amides is 3. The number of carbonyl (C=O) groups is 3. The minimum absolute atomic E-state index is 0.00288. The molecule has 0 radical (unpaired) electrons. The molecule has 3 amide bonds. The van der Waals surface area contributed by atoms with E-state index in [1.165, 1.54) is 4.90 Å². The first-order valence-electron chi connectivity index (χ1n) is 6.29. The van der Waals surface area contributed by atoms with E-state index in [0.29, 0.717) is 19.5 Å². The number of aliphatic carboxylic acids is 1. The summed E-state index contributed by atoms with van der Waals surface area (Å²) in [5, 5.41) is 11.3. The van der Waals surface area contributed by atoms with Crippen molar-refractivity contribution in [3.63, 3.8) is 0 Å². The van der Waals surface area contributed by atoms with Crippen LogP contribution < -0.4 is 5.32 Å². The Bertz CT molecular complexity index is 370. The fraction of sp³-hybridized carbons (Fsp3) is 0.750. The second-order valence-electron chi connectivity index (χ2n) is 5.10. The molecule has 0 saturated carbocycles. The zero-order valence-electron chi connectivity index (χ0n) is 11.5. The number of rotatable bonds is 4. The maximum absolute atomic E-state index is 11.9. The number of nitrogens with one attached hydrogen (secondary N) is 1. The number of urea groups is 1. The molecular weight excluding hydrogens is 250 g/mol. The highest BCUT2D eigenvalue weighted by Crippen LogP contribution is 2.19. The van der Waals surface area contributed by atoms with E-state index < -0.39 is 12.0 Å². The zero-order valence-corrected chi connectivity index (χ0v) is 11.5. The molecule has 2 atom stereocenters. The van der Waals surface area contributed by atoms with Crippen molar-refractivity contribution in [2.45, 2.75) is 25.8 Å². The molecule has 2 unspecified atom stereocenters. The zero-order chi connectivity index (χ0) is 14.6. The molecule has 0 aromatic heterocycles. The van der Waals surface area contributed by atoms with E-state index in [2.05, 4.69) is 5.32 Å². The topological polar surface area (TPSA) is 90.0 Å². The third-order valence-electron chi connectivity index (χ3n) is 3.19. The summed E-state index contributed by atoms with van der Waals surface area (Å²) >= 11 is 0. The molecule has 0 aliphatic carbocycles. The normalized spacial score (nSPS) is 19.9. The fourth-order valence-corrected chi connectivity index (χ4v) is 2.16. The number of carboxylic acid groups (broad SMARTS) is 1. The van der Waals surface area contributed by atoms with Crippen LogP contribution in [0.25, 0.3) is 0 Å². The lowest BCUT2D eigenvalue weighted by atomic mass is 10.1. The van der Waals surface area contributed by atoms with Gasteiger partial charge in [-0.15, -0.1) is 0 Å². The van der Waals surface area contributed by atoms with E-state index in [1.54, 1.807) is 25.9 Å². The molecular formula is C12H21N3O4. The molecule has 0 aromatic rings. The Balaban J connectivity index is 2.43. The first kappa shape index (κ1) is 15.3. The van der Waals surface area contributed by atoms with Gasteiger partial charge in [0.2, 0.25) is 5.91 Å². The third kappa shape index (κ3) is 4.42. The van der Waals surface area contributed by atoms with Crippen molar-refractivity contribution >= 4 is 17.9 Å². The van der Waals surface area contributed by atoms with E-state index in [0.717, 1.165) is 0 Å². The van der Waals surface area contributed by atoms with E-state index in [4.69, 9.17) is 5.11 Å². The molecule has 1 aliphatic rings. The predicted molar refractivity (Wildman–Crippen MR) is 68.6 cm³/mol. The molecule has 0 spiro atoms. The van der Waals surface area contributed by atoms with Crippen LogP contribution in [-0.2, 0) is 9.59 Å². The largest absolute Gasteiger partial charge is 0.481 e. The molecule has 7 nitrogen and oxygen atoms in total. The van der Waals surface area contributed by atoms with Gasteiger partial charge in [-0.3, -0.25) is 9.59 Å². The van der Waals surface area contributed by atoms with E-state index in [1.807, 2.05) is 0 Å². The molecule has 0 bridgehead atoms. The van der Waals surface area contributed by atoms with Crippen molar-refractivity contribution in [2.24, 2.45) is 5.92 Å². The molecule has 0 aromatic carbocycles. The van der Waals surface area contributed by atoms with Crippen molar-refractivity contribution in [2.75, 3.05) is 27.2 Å². The molecule has 1 saturated heterocycles. The first-order valence-corrected chi connectivity index (χ1v) is 6.29. The lowest BCUT2D eigenvalue weighted by molar-refractivity contribution is -0.138. The van der Waals surface area contributed by atoms with Crippen LogP contribution in [0.1, 0.15) is 19.8 Å². The Morgan fingerprint density at radius 3 is 2.58 bits per heavy atom. The van der Waals surface area contributed by atoms with Gasteiger partial charge in [0.25, 0.3) is 0 Å². The summed E-state index contributed by atoms with van der Waals surface area (Å²) in [6.07, 6.45) is 0.770. The van der Waals surface area contributed by atoms with Crippen molar-refractivity contribution in [3.8, 4) is 0 Å². The number of likely N-dealkylation sites (N-methyl/N-ethyl adjacent to an activating group) is 1. The summed E-state index contributed by atoms with van der Waals surface area (Å²) in [7, 11) is 3.26. The minimum Gasteiger partial charge on any atom is -0.481 e. The first-order chi connectivity index (χ1) is 8.81. The monoisotopic (exact) mass is 271 g/mol. The number of carbonyl (C=O) groups excluding carboxylic acids is 2.